The Kier molecular flexibility index (Phi) is 8.55. The fourth-order valence-corrected chi connectivity index (χ4v) is 5.41. The molecule has 210 valence electrons. The van der Waals surface area contributed by atoms with Gasteiger partial charge in [0.15, 0.2) is 0 Å². The van der Waals surface area contributed by atoms with E-state index < -0.39 is 12.2 Å². The van der Waals surface area contributed by atoms with Gasteiger partial charge in [-0.1, -0.05) is 54.6 Å². The third-order valence-corrected chi connectivity index (χ3v) is 7.72. The Balaban J connectivity index is 1.33. The van der Waals surface area contributed by atoms with Gasteiger partial charge in [-0.2, -0.15) is 0 Å². The topological polar surface area (TPSA) is 95.1 Å². The van der Waals surface area contributed by atoms with Gasteiger partial charge in [-0.15, -0.1) is 0 Å². The lowest BCUT2D eigenvalue weighted by atomic mass is 9.87. The van der Waals surface area contributed by atoms with Crippen LogP contribution in [0.5, 0.6) is 11.5 Å². The highest BCUT2D eigenvalue weighted by Crippen LogP contribution is 2.47. The monoisotopic (exact) mass is 544 g/mol. The summed E-state index contributed by atoms with van der Waals surface area (Å²) in [5, 5.41) is 5.30. The molecule has 2 amide bonds. The van der Waals surface area contributed by atoms with Crippen LogP contribution >= 0.6 is 0 Å². The summed E-state index contributed by atoms with van der Waals surface area (Å²) in [6.45, 7) is 1.91. The fraction of sp³-hybridized carbons (Fsp3) is 0.375. The lowest BCUT2D eigenvalue weighted by Crippen LogP contribution is -2.40. The van der Waals surface area contributed by atoms with Crippen LogP contribution in [-0.2, 0) is 20.7 Å². The summed E-state index contributed by atoms with van der Waals surface area (Å²) in [5.74, 6) is 1.36. The SMILES string of the molecule is COc1ccc(C[C@@H](OC(=O)NCC(=O)NCOC(C)C2CC2)C2c3ccccc3-c3ccccc32)c(OC)c1. The Morgan fingerprint density at radius 1 is 0.900 bits per heavy atom. The number of nitrogens with one attached hydrogen (secondary N) is 2. The maximum Gasteiger partial charge on any atom is 0.407 e. The second kappa shape index (κ2) is 12.4. The minimum absolute atomic E-state index is 0.114. The molecule has 5 rings (SSSR count). The van der Waals surface area contributed by atoms with E-state index in [-0.39, 0.29) is 31.2 Å². The lowest BCUT2D eigenvalue weighted by Gasteiger charge is -2.27. The van der Waals surface area contributed by atoms with Crippen molar-refractivity contribution in [2.75, 3.05) is 27.5 Å². The molecule has 8 heteroatoms. The summed E-state index contributed by atoms with van der Waals surface area (Å²) in [6, 6.07) is 22.0. The first kappa shape index (κ1) is 27.5. The molecule has 0 bridgehead atoms. The molecule has 0 aromatic heterocycles. The molecule has 2 N–H and O–H groups in total. The van der Waals surface area contributed by atoms with Crippen molar-refractivity contribution >= 4 is 12.0 Å². The highest BCUT2D eigenvalue weighted by Gasteiger charge is 2.37. The Bertz CT molecular complexity index is 1310. The fourth-order valence-electron chi connectivity index (χ4n) is 5.41. The second-order valence-corrected chi connectivity index (χ2v) is 10.3. The predicted octanol–water partition coefficient (Wildman–Crippen LogP) is 5.04. The third-order valence-electron chi connectivity index (χ3n) is 7.72. The highest BCUT2D eigenvalue weighted by molar-refractivity contribution is 5.82. The van der Waals surface area contributed by atoms with E-state index in [0.717, 1.165) is 27.8 Å². The van der Waals surface area contributed by atoms with Crippen molar-refractivity contribution in [1.82, 2.24) is 10.6 Å². The van der Waals surface area contributed by atoms with Crippen LogP contribution in [0.3, 0.4) is 0 Å². The maximum atomic E-state index is 13.1. The molecule has 2 aliphatic rings. The number of hydrogen-bond acceptors (Lipinski definition) is 6. The van der Waals surface area contributed by atoms with Crippen LogP contribution in [0.1, 0.15) is 42.4 Å². The predicted molar refractivity (Wildman–Crippen MR) is 152 cm³/mol. The van der Waals surface area contributed by atoms with Gasteiger partial charge in [-0.05, 0) is 59.6 Å². The van der Waals surface area contributed by atoms with Gasteiger partial charge in [0.2, 0.25) is 5.91 Å². The molecular weight excluding hydrogens is 508 g/mol. The Morgan fingerprint density at radius 3 is 2.20 bits per heavy atom. The van der Waals surface area contributed by atoms with Crippen LogP contribution in [-0.4, -0.2) is 51.7 Å². The number of alkyl carbamates (subject to hydrolysis) is 1. The Morgan fingerprint density at radius 2 is 1.57 bits per heavy atom. The van der Waals surface area contributed by atoms with E-state index in [1.165, 1.54) is 12.8 Å². The summed E-state index contributed by atoms with van der Waals surface area (Å²) in [7, 11) is 3.21. The Hall–Kier alpha value is -4.04. The quantitative estimate of drug-likeness (QED) is 0.310. The van der Waals surface area contributed by atoms with Gasteiger partial charge in [-0.3, -0.25) is 4.79 Å². The molecule has 1 unspecified atom stereocenters. The maximum absolute atomic E-state index is 13.1. The average molecular weight is 545 g/mol. The first-order valence-electron chi connectivity index (χ1n) is 13.7. The van der Waals surface area contributed by atoms with E-state index in [1.807, 2.05) is 49.4 Å². The van der Waals surface area contributed by atoms with Crippen molar-refractivity contribution < 1.29 is 28.5 Å². The van der Waals surface area contributed by atoms with Gasteiger partial charge in [0, 0.05) is 18.4 Å². The summed E-state index contributed by atoms with van der Waals surface area (Å²) in [5.41, 5.74) is 5.31. The zero-order valence-electron chi connectivity index (χ0n) is 23.1. The van der Waals surface area contributed by atoms with E-state index >= 15 is 0 Å². The normalized spacial score (nSPS) is 15.4. The highest BCUT2D eigenvalue weighted by atomic mass is 16.6. The first-order valence-corrected chi connectivity index (χ1v) is 13.7. The van der Waals surface area contributed by atoms with Crippen molar-refractivity contribution in [2.24, 2.45) is 5.92 Å². The first-order chi connectivity index (χ1) is 19.5. The van der Waals surface area contributed by atoms with Gasteiger partial charge in [-0.25, -0.2) is 4.79 Å². The number of ether oxygens (including phenoxy) is 4. The zero-order chi connectivity index (χ0) is 28.1. The van der Waals surface area contributed by atoms with Gasteiger partial charge in [0.25, 0.3) is 0 Å². The van der Waals surface area contributed by atoms with E-state index in [9.17, 15) is 9.59 Å². The van der Waals surface area contributed by atoms with Crippen LogP contribution in [0, 0.1) is 5.92 Å². The molecule has 2 aliphatic carbocycles. The third kappa shape index (κ3) is 6.23. The van der Waals surface area contributed by atoms with Crippen molar-refractivity contribution in [3.05, 3.63) is 83.4 Å². The number of amides is 2. The van der Waals surface area contributed by atoms with Gasteiger partial charge >= 0.3 is 6.09 Å². The zero-order valence-corrected chi connectivity index (χ0v) is 23.1. The van der Waals surface area contributed by atoms with E-state index in [4.69, 9.17) is 18.9 Å². The Labute approximate surface area is 235 Å². The van der Waals surface area contributed by atoms with Crippen molar-refractivity contribution in [3.8, 4) is 22.6 Å². The standard InChI is InChI=1S/C32H36N2O6/c1-20(21-12-13-21)39-19-34-30(35)18-33-32(36)40-29(16-22-14-15-23(37-2)17-28(22)38-3)31-26-10-6-4-8-24(26)25-9-5-7-11-27(25)31/h4-11,14-15,17,20-21,29,31H,12-13,16,18-19H2,1-3H3,(H,33,36)(H,34,35)/t20?,29-/m1/s1. The molecule has 40 heavy (non-hydrogen) atoms. The van der Waals surface area contributed by atoms with Crippen LogP contribution in [0.25, 0.3) is 11.1 Å². The minimum atomic E-state index is -0.665. The molecule has 1 fully saturated rings. The summed E-state index contributed by atoms with van der Waals surface area (Å²) in [4.78, 5) is 25.4. The summed E-state index contributed by atoms with van der Waals surface area (Å²) >= 11 is 0. The number of benzene rings is 3. The molecule has 0 heterocycles. The lowest BCUT2D eigenvalue weighted by molar-refractivity contribution is -0.122. The number of carbonyl (C=O) groups excluding carboxylic acids is 2. The number of carbonyl (C=O) groups is 2. The molecule has 0 radical (unpaired) electrons. The number of hydrogen-bond donors (Lipinski definition) is 2. The van der Waals surface area contributed by atoms with E-state index in [2.05, 4.69) is 34.9 Å². The minimum Gasteiger partial charge on any atom is -0.497 e. The molecule has 0 spiro atoms. The van der Waals surface area contributed by atoms with Crippen molar-refractivity contribution in [3.63, 3.8) is 0 Å². The van der Waals surface area contributed by atoms with Crippen molar-refractivity contribution in [2.45, 2.75) is 44.3 Å². The second-order valence-electron chi connectivity index (χ2n) is 10.3. The molecule has 0 saturated heterocycles. The number of methoxy groups -OCH3 is 2. The molecule has 8 nitrogen and oxygen atoms in total. The van der Waals surface area contributed by atoms with Gasteiger partial charge in [0.1, 0.15) is 30.9 Å². The smallest absolute Gasteiger partial charge is 0.407 e. The van der Waals surface area contributed by atoms with Crippen LogP contribution in [0.2, 0.25) is 0 Å². The van der Waals surface area contributed by atoms with Gasteiger partial charge < -0.3 is 29.6 Å². The molecule has 0 aliphatic heterocycles. The van der Waals surface area contributed by atoms with Crippen LogP contribution in [0.4, 0.5) is 4.79 Å². The van der Waals surface area contributed by atoms with Gasteiger partial charge in [0.05, 0.1) is 20.3 Å². The molecule has 3 aromatic rings. The summed E-state index contributed by atoms with van der Waals surface area (Å²) in [6.07, 6.45) is 1.61. The summed E-state index contributed by atoms with van der Waals surface area (Å²) < 4.78 is 22.8. The number of fused-ring (bicyclic) bond motifs is 3. The largest absolute Gasteiger partial charge is 0.497 e. The molecular formula is C32H36N2O6. The van der Waals surface area contributed by atoms with Crippen LogP contribution in [0.15, 0.2) is 66.7 Å². The van der Waals surface area contributed by atoms with Crippen LogP contribution < -0.4 is 20.1 Å². The van der Waals surface area contributed by atoms with Crippen molar-refractivity contribution in [1.29, 1.82) is 0 Å². The van der Waals surface area contributed by atoms with E-state index in [0.29, 0.717) is 23.8 Å². The average Bonchev–Trinajstić information content (AvgIpc) is 3.78. The molecule has 1 saturated carbocycles. The van der Waals surface area contributed by atoms with E-state index in [1.54, 1.807) is 14.2 Å². The molecule has 2 atom stereocenters. The molecule has 3 aromatic carbocycles. The number of rotatable bonds is 12.